The molecule has 0 saturated carbocycles. The van der Waals surface area contributed by atoms with Crippen LogP contribution in [0.25, 0.3) is 0 Å². The van der Waals surface area contributed by atoms with E-state index in [0.717, 1.165) is 23.9 Å². The smallest absolute Gasteiger partial charge is 0.254 e. The minimum Gasteiger partial charge on any atom is -0.338 e. The van der Waals surface area contributed by atoms with Crippen LogP contribution in [-0.4, -0.2) is 32.7 Å². The van der Waals surface area contributed by atoms with E-state index < -0.39 is 0 Å². The molecule has 23 heavy (non-hydrogen) atoms. The van der Waals surface area contributed by atoms with Crippen LogP contribution in [0.2, 0.25) is 0 Å². The molecule has 0 radical (unpaired) electrons. The van der Waals surface area contributed by atoms with Gasteiger partial charge in [0.2, 0.25) is 5.91 Å². The van der Waals surface area contributed by atoms with Crippen LogP contribution in [0.3, 0.4) is 0 Å². The summed E-state index contributed by atoms with van der Waals surface area (Å²) in [5, 5.41) is 0.722. The molecule has 0 unspecified atom stereocenters. The van der Waals surface area contributed by atoms with Crippen LogP contribution in [0.5, 0.6) is 0 Å². The molecule has 1 atom stereocenters. The molecular weight excluding hydrogens is 310 g/mol. The Kier molecular flexibility index (Phi) is 3.69. The minimum atomic E-state index is -0.0825. The molecule has 0 N–H and O–H groups in total. The van der Waals surface area contributed by atoms with Gasteiger partial charge < -0.3 is 4.90 Å². The Morgan fingerprint density at radius 3 is 2.96 bits per heavy atom. The van der Waals surface area contributed by atoms with E-state index in [4.69, 9.17) is 0 Å². The third-order valence-corrected chi connectivity index (χ3v) is 5.62. The number of hydrogen-bond donors (Lipinski definition) is 0. The van der Waals surface area contributed by atoms with E-state index in [1.165, 1.54) is 23.4 Å². The lowest BCUT2D eigenvalue weighted by Crippen LogP contribution is -2.37. The van der Waals surface area contributed by atoms with Gasteiger partial charge >= 0.3 is 0 Å². The summed E-state index contributed by atoms with van der Waals surface area (Å²) in [6.45, 7) is 1.42. The predicted molar refractivity (Wildman–Crippen MR) is 88.4 cm³/mol. The first-order valence-corrected chi connectivity index (χ1v) is 8.76. The van der Waals surface area contributed by atoms with E-state index in [0.29, 0.717) is 13.0 Å². The normalized spacial score (nSPS) is 19.3. The largest absolute Gasteiger partial charge is 0.338 e. The number of amides is 1. The monoisotopic (exact) mass is 327 g/mol. The van der Waals surface area contributed by atoms with Gasteiger partial charge in [0.05, 0.1) is 6.04 Å². The van der Waals surface area contributed by atoms with Gasteiger partial charge in [-0.25, -0.2) is 4.98 Å². The highest BCUT2D eigenvalue weighted by atomic mass is 32.2. The predicted octanol–water partition coefficient (Wildman–Crippen LogP) is 1.87. The first kappa shape index (κ1) is 14.5. The topological polar surface area (TPSA) is 55.2 Å². The Morgan fingerprint density at radius 1 is 1.26 bits per heavy atom. The van der Waals surface area contributed by atoms with Crippen molar-refractivity contribution in [3.8, 4) is 0 Å². The molecular formula is C17H17N3O2S. The second-order valence-corrected chi connectivity index (χ2v) is 6.93. The Morgan fingerprint density at radius 2 is 2.09 bits per heavy atom. The van der Waals surface area contributed by atoms with Crippen molar-refractivity contribution in [2.45, 2.75) is 30.6 Å². The van der Waals surface area contributed by atoms with Crippen LogP contribution in [0.15, 0.2) is 46.5 Å². The summed E-state index contributed by atoms with van der Waals surface area (Å²) in [5.41, 5.74) is 2.49. The third-order valence-electron chi connectivity index (χ3n) is 4.51. The van der Waals surface area contributed by atoms with Crippen molar-refractivity contribution in [2.75, 3.05) is 12.3 Å². The average molecular weight is 327 g/mol. The van der Waals surface area contributed by atoms with Crippen LogP contribution in [0.4, 0.5) is 0 Å². The molecule has 0 fully saturated rings. The molecule has 0 saturated heterocycles. The van der Waals surface area contributed by atoms with Gasteiger partial charge in [-0.15, -0.1) is 0 Å². The molecule has 4 rings (SSSR count). The Balaban J connectivity index is 1.50. The summed E-state index contributed by atoms with van der Waals surface area (Å²) >= 11 is 1.55. The maximum Gasteiger partial charge on any atom is 0.254 e. The first-order chi connectivity index (χ1) is 11.2. The van der Waals surface area contributed by atoms with Crippen molar-refractivity contribution in [3.63, 3.8) is 0 Å². The average Bonchev–Trinajstić information content (AvgIpc) is 2.98. The van der Waals surface area contributed by atoms with Crippen molar-refractivity contribution < 1.29 is 4.79 Å². The first-order valence-electron chi connectivity index (χ1n) is 7.77. The molecule has 2 aliphatic rings. The molecule has 6 heteroatoms. The highest BCUT2D eigenvalue weighted by Gasteiger charge is 2.29. The van der Waals surface area contributed by atoms with E-state index in [2.05, 4.69) is 17.1 Å². The fourth-order valence-electron chi connectivity index (χ4n) is 3.28. The van der Waals surface area contributed by atoms with E-state index in [9.17, 15) is 9.59 Å². The summed E-state index contributed by atoms with van der Waals surface area (Å²) < 4.78 is 1.67. The number of thioether (sulfide) groups is 1. The van der Waals surface area contributed by atoms with Crippen molar-refractivity contribution in [1.82, 2.24) is 14.5 Å². The number of nitrogens with zero attached hydrogens (tertiary/aromatic N) is 3. The van der Waals surface area contributed by atoms with Gasteiger partial charge in [-0.3, -0.25) is 14.2 Å². The highest BCUT2D eigenvalue weighted by Crippen LogP contribution is 2.32. The molecule has 0 spiro atoms. The zero-order valence-corrected chi connectivity index (χ0v) is 13.5. The third kappa shape index (κ3) is 2.67. The molecule has 1 aromatic carbocycles. The number of aromatic nitrogens is 2. The number of carbonyl (C=O) groups is 1. The minimum absolute atomic E-state index is 0.0678. The Bertz CT molecular complexity index is 817. The van der Waals surface area contributed by atoms with Crippen LogP contribution in [0, 0.1) is 0 Å². The zero-order valence-electron chi connectivity index (χ0n) is 12.6. The van der Waals surface area contributed by atoms with Crippen LogP contribution >= 0.6 is 11.8 Å². The molecule has 5 nitrogen and oxygen atoms in total. The molecule has 1 aromatic heterocycles. The van der Waals surface area contributed by atoms with Gasteiger partial charge in [-0.1, -0.05) is 36.0 Å². The van der Waals surface area contributed by atoms with Gasteiger partial charge in [0.15, 0.2) is 5.16 Å². The lowest BCUT2D eigenvalue weighted by molar-refractivity contribution is -0.132. The van der Waals surface area contributed by atoms with E-state index >= 15 is 0 Å². The second kappa shape index (κ2) is 5.85. The molecule has 118 valence electrons. The van der Waals surface area contributed by atoms with Crippen molar-refractivity contribution in [1.29, 1.82) is 0 Å². The summed E-state index contributed by atoms with van der Waals surface area (Å²) in [4.78, 5) is 30.8. The van der Waals surface area contributed by atoms with Gasteiger partial charge in [0.1, 0.15) is 0 Å². The number of benzene rings is 1. The maximum atomic E-state index is 12.7. The molecule has 0 aliphatic carbocycles. The van der Waals surface area contributed by atoms with Crippen LogP contribution in [0.1, 0.15) is 23.6 Å². The highest BCUT2D eigenvalue weighted by molar-refractivity contribution is 7.99. The number of carbonyl (C=O) groups excluding carboxylic acids is 1. The summed E-state index contributed by atoms with van der Waals surface area (Å²) in [7, 11) is 0. The van der Waals surface area contributed by atoms with Gasteiger partial charge in [-0.05, 0) is 17.5 Å². The number of fused-ring (bicyclic) bond motifs is 2. The molecule has 1 amide bonds. The molecule has 3 heterocycles. The molecule has 2 aliphatic heterocycles. The fourth-order valence-corrected chi connectivity index (χ4v) is 4.40. The Labute approximate surface area is 138 Å². The van der Waals surface area contributed by atoms with Crippen LogP contribution < -0.4 is 5.56 Å². The summed E-state index contributed by atoms with van der Waals surface area (Å²) in [6.07, 6.45) is 2.81. The second-order valence-electron chi connectivity index (χ2n) is 5.94. The van der Waals surface area contributed by atoms with Gasteiger partial charge in [-0.2, -0.15) is 0 Å². The van der Waals surface area contributed by atoms with Crippen LogP contribution in [-0.2, 0) is 17.8 Å². The quantitative estimate of drug-likeness (QED) is 0.790. The summed E-state index contributed by atoms with van der Waals surface area (Å²) in [6, 6.07) is 9.66. The SMILES string of the molecule is O=C(C[C@H]1CSc2nccc(=O)n21)N1CCc2ccccc2C1. The number of hydrogen-bond acceptors (Lipinski definition) is 4. The van der Waals surface area contributed by atoms with E-state index in [-0.39, 0.29) is 17.5 Å². The van der Waals surface area contributed by atoms with E-state index in [1.54, 1.807) is 16.3 Å². The van der Waals surface area contributed by atoms with Crippen molar-refractivity contribution >= 4 is 17.7 Å². The maximum absolute atomic E-state index is 12.7. The van der Waals surface area contributed by atoms with Gasteiger partial charge in [0, 0.05) is 37.5 Å². The Hall–Kier alpha value is -2.08. The summed E-state index contributed by atoms with van der Waals surface area (Å²) in [5.74, 6) is 0.858. The fraction of sp³-hybridized carbons (Fsp3) is 0.353. The lowest BCUT2D eigenvalue weighted by atomic mass is 9.99. The van der Waals surface area contributed by atoms with E-state index in [1.807, 2.05) is 17.0 Å². The number of rotatable bonds is 2. The van der Waals surface area contributed by atoms with Gasteiger partial charge in [0.25, 0.3) is 5.56 Å². The molecule has 0 bridgehead atoms. The lowest BCUT2D eigenvalue weighted by Gasteiger charge is -2.29. The molecule has 2 aromatic rings. The van der Waals surface area contributed by atoms with Crippen molar-refractivity contribution in [3.05, 3.63) is 58.0 Å². The van der Waals surface area contributed by atoms with Crippen molar-refractivity contribution in [2.24, 2.45) is 0 Å². The standard InChI is InChI=1S/C17H17N3O2S/c21-15-5-7-18-17-20(15)14(11-23-17)9-16(22)19-8-6-12-3-1-2-4-13(12)10-19/h1-5,7,14H,6,8-11H2/t14-/m0/s1. The zero-order chi connectivity index (χ0) is 15.8.